The SMILES string of the molecule is Cc1nn(C(C)(C)C)c2nc(C3CC3)cc(C(=O)NCC3(N4CCSCC4)CCCC3)c12. The van der Waals surface area contributed by atoms with Crippen molar-refractivity contribution in [3.8, 4) is 0 Å². The molecular formula is C25H37N5OS. The van der Waals surface area contributed by atoms with Crippen LogP contribution in [0.25, 0.3) is 11.0 Å². The standard InChI is InChI=1S/C25H37N5OS/c1-17-21-19(15-20(18-7-8-18)27-22(21)30(28-17)24(2,3)4)23(31)26-16-25(9-5-6-10-25)29-11-13-32-14-12-29/h15,18H,5-14,16H2,1-4H3,(H,26,31). The summed E-state index contributed by atoms with van der Waals surface area (Å²) in [6.45, 7) is 11.5. The van der Waals surface area contributed by atoms with E-state index in [1.807, 2.05) is 23.4 Å². The van der Waals surface area contributed by atoms with E-state index in [0.29, 0.717) is 5.92 Å². The smallest absolute Gasteiger partial charge is 0.252 e. The van der Waals surface area contributed by atoms with Gasteiger partial charge in [0.25, 0.3) is 5.91 Å². The van der Waals surface area contributed by atoms with E-state index in [0.717, 1.165) is 60.5 Å². The first-order chi connectivity index (χ1) is 15.3. The van der Waals surface area contributed by atoms with Gasteiger partial charge in [0.05, 0.1) is 22.2 Å². The highest BCUT2D eigenvalue weighted by Crippen LogP contribution is 2.41. The van der Waals surface area contributed by atoms with Crippen LogP contribution in [0.3, 0.4) is 0 Å². The van der Waals surface area contributed by atoms with Crippen LogP contribution in [0.1, 0.15) is 87.0 Å². The molecule has 5 rings (SSSR count). The molecule has 2 aromatic rings. The minimum Gasteiger partial charge on any atom is -0.350 e. The number of aryl methyl sites for hydroxylation is 1. The lowest BCUT2D eigenvalue weighted by Crippen LogP contribution is -2.56. The van der Waals surface area contributed by atoms with Crippen LogP contribution in [-0.4, -0.2) is 62.3 Å². The van der Waals surface area contributed by atoms with Crippen LogP contribution in [0.5, 0.6) is 0 Å². The first-order valence-electron chi connectivity index (χ1n) is 12.3. The molecule has 2 saturated carbocycles. The number of hydrogen-bond acceptors (Lipinski definition) is 5. The fraction of sp³-hybridized carbons (Fsp3) is 0.720. The Balaban J connectivity index is 1.47. The van der Waals surface area contributed by atoms with Gasteiger partial charge in [-0.1, -0.05) is 12.8 Å². The second-order valence-electron chi connectivity index (χ2n) is 10.9. The normalized spacial score (nSPS) is 21.9. The predicted molar refractivity (Wildman–Crippen MR) is 132 cm³/mol. The van der Waals surface area contributed by atoms with Gasteiger partial charge in [0, 0.05) is 48.3 Å². The van der Waals surface area contributed by atoms with Crippen molar-refractivity contribution in [1.29, 1.82) is 0 Å². The molecule has 3 fully saturated rings. The van der Waals surface area contributed by atoms with E-state index in [4.69, 9.17) is 10.1 Å². The van der Waals surface area contributed by atoms with Crippen molar-refractivity contribution >= 4 is 28.7 Å². The first-order valence-corrected chi connectivity index (χ1v) is 13.5. The molecule has 3 aliphatic rings. The molecule has 0 radical (unpaired) electrons. The van der Waals surface area contributed by atoms with Crippen LogP contribution in [0.2, 0.25) is 0 Å². The second-order valence-corrected chi connectivity index (χ2v) is 12.2. The molecule has 1 amide bonds. The highest BCUT2D eigenvalue weighted by molar-refractivity contribution is 7.99. The Labute approximate surface area is 195 Å². The fourth-order valence-corrected chi connectivity index (χ4v) is 6.46. The molecule has 7 heteroatoms. The Morgan fingerprint density at radius 3 is 2.53 bits per heavy atom. The maximum atomic E-state index is 13.6. The zero-order valence-corrected chi connectivity index (χ0v) is 20.9. The van der Waals surface area contributed by atoms with Gasteiger partial charge in [-0.25, -0.2) is 9.67 Å². The molecule has 0 bridgehead atoms. The Hall–Kier alpha value is -1.60. The van der Waals surface area contributed by atoms with Crippen molar-refractivity contribution in [3.63, 3.8) is 0 Å². The third-order valence-electron chi connectivity index (χ3n) is 7.50. The average Bonchev–Trinajstić information content (AvgIpc) is 3.42. The average molecular weight is 456 g/mol. The molecule has 1 saturated heterocycles. The number of carbonyl (C=O) groups is 1. The van der Waals surface area contributed by atoms with Crippen LogP contribution < -0.4 is 5.32 Å². The largest absolute Gasteiger partial charge is 0.350 e. The number of rotatable bonds is 5. The van der Waals surface area contributed by atoms with Crippen molar-refractivity contribution < 1.29 is 4.79 Å². The molecule has 174 valence electrons. The van der Waals surface area contributed by atoms with Crippen LogP contribution in [0.15, 0.2) is 6.07 Å². The Kier molecular flexibility index (Phi) is 5.77. The van der Waals surface area contributed by atoms with Crippen molar-refractivity contribution in [2.45, 2.75) is 83.2 Å². The minimum absolute atomic E-state index is 0.0357. The van der Waals surface area contributed by atoms with Gasteiger partial charge in [0.1, 0.15) is 0 Å². The number of nitrogens with zero attached hydrogens (tertiary/aromatic N) is 4. The number of aromatic nitrogens is 3. The summed E-state index contributed by atoms with van der Waals surface area (Å²) in [7, 11) is 0. The lowest BCUT2D eigenvalue weighted by atomic mass is 9.94. The molecule has 6 nitrogen and oxygen atoms in total. The Bertz CT molecular complexity index is 1010. The van der Waals surface area contributed by atoms with E-state index in [2.05, 4.69) is 37.1 Å². The summed E-state index contributed by atoms with van der Waals surface area (Å²) in [6, 6.07) is 2.05. The molecular weight excluding hydrogens is 418 g/mol. The molecule has 0 aromatic carbocycles. The van der Waals surface area contributed by atoms with Crippen LogP contribution >= 0.6 is 11.8 Å². The summed E-state index contributed by atoms with van der Waals surface area (Å²) < 4.78 is 2.00. The zero-order chi connectivity index (χ0) is 22.5. The summed E-state index contributed by atoms with van der Waals surface area (Å²) >= 11 is 2.05. The quantitative estimate of drug-likeness (QED) is 0.721. The van der Waals surface area contributed by atoms with Gasteiger partial charge in [-0.05, 0) is 59.4 Å². The van der Waals surface area contributed by atoms with Gasteiger partial charge in [-0.15, -0.1) is 0 Å². The van der Waals surface area contributed by atoms with E-state index in [9.17, 15) is 4.79 Å². The van der Waals surface area contributed by atoms with Crippen molar-refractivity contribution in [2.75, 3.05) is 31.1 Å². The highest BCUT2D eigenvalue weighted by atomic mass is 32.2. The van der Waals surface area contributed by atoms with Gasteiger partial charge in [0.2, 0.25) is 0 Å². The summed E-state index contributed by atoms with van der Waals surface area (Å²) in [5.74, 6) is 2.93. The third kappa shape index (κ3) is 4.07. The van der Waals surface area contributed by atoms with E-state index >= 15 is 0 Å². The fourth-order valence-electron chi connectivity index (χ4n) is 5.56. The number of pyridine rings is 1. The minimum atomic E-state index is -0.185. The van der Waals surface area contributed by atoms with E-state index in [1.165, 1.54) is 37.2 Å². The molecule has 2 aromatic heterocycles. The molecule has 3 heterocycles. The number of fused-ring (bicyclic) bond motifs is 1. The molecule has 1 aliphatic heterocycles. The number of carbonyl (C=O) groups excluding carboxylic acids is 1. The van der Waals surface area contributed by atoms with E-state index in [-0.39, 0.29) is 17.0 Å². The zero-order valence-electron chi connectivity index (χ0n) is 20.0. The third-order valence-corrected chi connectivity index (χ3v) is 8.44. The molecule has 0 unspecified atom stereocenters. The predicted octanol–water partition coefficient (Wildman–Crippen LogP) is 4.46. The summed E-state index contributed by atoms with van der Waals surface area (Å²) in [5, 5.41) is 9.11. The van der Waals surface area contributed by atoms with Gasteiger partial charge >= 0.3 is 0 Å². The summed E-state index contributed by atoms with van der Waals surface area (Å²) in [5.41, 5.74) is 3.50. The van der Waals surface area contributed by atoms with Crippen LogP contribution in [0.4, 0.5) is 0 Å². The molecule has 0 spiro atoms. The van der Waals surface area contributed by atoms with Gasteiger partial charge in [-0.3, -0.25) is 9.69 Å². The molecule has 1 N–H and O–H groups in total. The maximum absolute atomic E-state index is 13.6. The van der Waals surface area contributed by atoms with Crippen molar-refractivity contribution in [1.82, 2.24) is 25.0 Å². The van der Waals surface area contributed by atoms with E-state index < -0.39 is 0 Å². The number of amides is 1. The van der Waals surface area contributed by atoms with Crippen molar-refractivity contribution in [3.05, 3.63) is 23.0 Å². The van der Waals surface area contributed by atoms with Crippen LogP contribution in [-0.2, 0) is 5.54 Å². The lowest BCUT2D eigenvalue weighted by Gasteiger charge is -2.43. The lowest BCUT2D eigenvalue weighted by molar-refractivity contribution is 0.0818. The van der Waals surface area contributed by atoms with Gasteiger partial charge in [0.15, 0.2) is 5.65 Å². The van der Waals surface area contributed by atoms with Crippen LogP contribution in [0, 0.1) is 6.92 Å². The number of hydrogen-bond donors (Lipinski definition) is 1. The summed E-state index contributed by atoms with van der Waals surface area (Å²) in [6.07, 6.45) is 7.25. The molecule has 0 atom stereocenters. The van der Waals surface area contributed by atoms with Gasteiger partial charge in [-0.2, -0.15) is 16.9 Å². The molecule has 32 heavy (non-hydrogen) atoms. The molecule has 2 aliphatic carbocycles. The van der Waals surface area contributed by atoms with Gasteiger partial charge < -0.3 is 5.32 Å². The highest BCUT2D eigenvalue weighted by Gasteiger charge is 2.40. The first kappa shape index (κ1) is 22.2. The van der Waals surface area contributed by atoms with Crippen molar-refractivity contribution in [2.24, 2.45) is 0 Å². The Morgan fingerprint density at radius 2 is 1.91 bits per heavy atom. The number of thioether (sulfide) groups is 1. The topological polar surface area (TPSA) is 63.1 Å². The second kappa shape index (κ2) is 8.32. The maximum Gasteiger partial charge on any atom is 0.252 e. The summed E-state index contributed by atoms with van der Waals surface area (Å²) in [4.78, 5) is 21.3. The monoisotopic (exact) mass is 455 g/mol. The Morgan fingerprint density at radius 1 is 1.22 bits per heavy atom. The number of nitrogens with one attached hydrogen (secondary N) is 1. The van der Waals surface area contributed by atoms with E-state index in [1.54, 1.807) is 0 Å².